The molecular formula is C15H17FN2OS. The van der Waals surface area contributed by atoms with Gasteiger partial charge in [0.05, 0.1) is 6.54 Å². The lowest BCUT2D eigenvalue weighted by Crippen LogP contribution is -2.26. The van der Waals surface area contributed by atoms with Gasteiger partial charge in [0.1, 0.15) is 5.82 Å². The molecule has 20 heavy (non-hydrogen) atoms. The quantitative estimate of drug-likeness (QED) is 0.882. The Balaban J connectivity index is 2.21. The molecule has 2 N–H and O–H groups in total. The molecule has 5 heteroatoms. The molecule has 1 heterocycles. The van der Waals surface area contributed by atoms with Crippen molar-refractivity contribution in [3.05, 3.63) is 51.0 Å². The van der Waals surface area contributed by atoms with Gasteiger partial charge in [-0.1, -0.05) is 0 Å². The van der Waals surface area contributed by atoms with E-state index in [2.05, 4.69) is 0 Å². The first-order valence-electron chi connectivity index (χ1n) is 6.24. The number of nitrogen functional groups attached to an aromatic ring is 1. The molecule has 106 valence electrons. The Morgan fingerprint density at radius 1 is 1.40 bits per heavy atom. The minimum absolute atomic E-state index is 0.233. The number of rotatable bonds is 3. The van der Waals surface area contributed by atoms with Gasteiger partial charge in [0.25, 0.3) is 5.91 Å². The van der Waals surface area contributed by atoms with E-state index in [-0.39, 0.29) is 11.5 Å². The number of benzene rings is 1. The SMILES string of the molecule is Cc1ccsc1CN(C)C(=O)c1cc(N)c(C)c(F)c1. The number of carbonyl (C=O) groups is 1. The molecule has 0 radical (unpaired) electrons. The summed E-state index contributed by atoms with van der Waals surface area (Å²) in [7, 11) is 1.70. The minimum Gasteiger partial charge on any atom is -0.398 e. The molecule has 1 aromatic heterocycles. The minimum atomic E-state index is -0.450. The topological polar surface area (TPSA) is 46.3 Å². The molecule has 0 unspecified atom stereocenters. The maximum Gasteiger partial charge on any atom is 0.254 e. The average molecular weight is 292 g/mol. The number of carbonyl (C=O) groups excluding carboxylic acids is 1. The van der Waals surface area contributed by atoms with E-state index in [1.165, 1.54) is 12.1 Å². The number of nitrogens with zero attached hydrogens (tertiary/aromatic N) is 1. The van der Waals surface area contributed by atoms with E-state index < -0.39 is 5.82 Å². The Morgan fingerprint density at radius 2 is 2.10 bits per heavy atom. The number of thiophene rings is 1. The predicted molar refractivity (Wildman–Crippen MR) is 80.4 cm³/mol. The van der Waals surface area contributed by atoms with Gasteiger partial charge in [-0.25, -0.2) is 4.39 Å². The van der Waals surface area contributed by atoms with Gasteiger partial charge in [-0.05, 0) is 43.0 Å². The van der Waals surface area contributed by atoms with Crippen LogP contribution >= 0.6 is 11.3 Å². The summed E-state index contributed by atoms with van der Waals surface area (Å²) in [4.78, 5) is 15.0. The highest BCUT2D eigenvalue weighted by Crippen LogP contribution is 2.21. The lowest BCUT2D eigenvalue weighted by molar-refractivity contribution is 0.0786. The van der Waals surface area contributed by atoms with Crippen LogP contribution in [0.2, 0.25) is 0 Å². The summed E-state index contributed by atoms with van der Waals surface area (Å²) in [5.41, 5.74) is 7.82. The number of aryl methyl sites for hydroxylation is 1. The molecule has 3 nitrogen and oxygen atoms in total. The summed E-state index contributed by atoms with van der Waals surface area (Å²) in [6.45, 7) is 4.11. The number of halogens is 1. The second-order valence-electron chi connectivity index (χ2n) is 4.86. The molecule has 0 saturated heterocycles. The number of amides is 1. The number of hydrogen-bond acceptors (Lipinski definition) is 3. The molecule has 1 aromatic carbocycles. The number of hydrogen-bond donors (Lipinski definition) is 1. The molecule has 0 atom stereocenters. The number of anilines is 1. The van der Waals surface area contributed by atoms with Crippen LogP contribution in [0.4, 0.5) is 10.1 Å². The third-order valence-electron chi connectivity index (χ3n) is 3.33. The van der Waals surface area contributed by atoms with Crippen LogP contribution in [0.1, 0.15) is 26.4 Å². The summed E-state index contributed by atoms with van der Waals surface area (Å²) in [6, 6.07) is 4.78. The van der Waals surface area contributed by atoms with Crippen molar-refractivity contribution in [3.63, 3.8) is 0 Å². The molecule has 0 saturated carbocycles. The van der Waals surface area contributed by atoms with E-state index in [0.717, 1.165) is 10.4 Å². The fourth-order valence-corrected chi connectivity index (χ4v) is 2.86. The standard InChI is InChI=1S/C15H17FN2OS/c1-9-4-5-20-14(9)8-18(3)15(19)11-6-12(16)10(2)13(17)7-11/h4-7H,8,17H2,1-3H3. The lowest BCUT2D eigenvalue weighted by atomic mass is 10.1. The highest BCUT2D eigenvalue weighted by atomic mass is 32.1. The summed E-state index contributed by atoms with van der Waals surface area (Å²) in [5.74, 6) is -0.683. The van der Waals surface area contributed by atoms with Crippen LogP contribution in [-0.2, 0) is 6.54 Å². The van der Waals surface area contributed by atoms with Crippen molar-refractivity contribution in [2.75, 3.05) is 12.8 Å². The van der Waals surface area contributed by atoms with Crippen LogP contribution in [-0.4, -0.2) is 17.9 Å². The fourth-order valence-electron chi connectivity index (χ4n) is 1.90. The zero-order valence-corrected chi connectivity index (χ0v) is 12.6. The zero-order chi connectivity index (χ0) is 14.9. The van der Waals surface area contributed by atoms with Crippen LogP contribution in [0, 0.1) is 19.7 Å². The van der Waals surface area contributed by atoms with Crippen molar-refractivity contribution in [2.24, 2.45) is 0 Å². The molecule has 1 amide bonds. The summed E-state index contributed by atoms with van der Waals surface area (Å²) in [6.07, 6.45) is 0. The molecule has 0 fully saturated rings. The Morgan fingerprint density at radius 3 is 2.65 bits per heavy atom. The van der Waals surface area contributed by atoms with Crippen molar-refractivity contribution in [1.82, 2.24) is 4.90 Å². The van der Waals surface area contributed by atoms with Gasteiger partial charge in [-0.2, -0.15) is 0 Å². The van der Waals surface area contributed by atoms with Crippen LogP contribution in [0.5, 0.6) is 0 Å². The molecule has 0 aliphatic rings. The highest BCUT2D eigenvalue weighted by molar-refractivity contribution is 7.10. The normalized spacial score (nSPS) is 10.6. The van der Waals surface area contributed by atoms with E-state index in [9.17, 15) is 9.18 Å². The third-order valence-corrected chi connectivity index (χ3v) is 4.33. The van der Waals surface area contributed by atoms with Crippen LogP contribution in [0.3, 0.4) is 0 Å². The van der Waals surface area contributed by atoms with E-state index in [4.69, 9.17) is 5.73 Å². The van der Waals surface area contributed by atoms with Gasteiger partial charge < -0.3 is 10.6 Å². The zero-order valence-electron chi connectivity index (χ0n) is 11.7. The second kappa shape index (κ2) is 5.63. The monoisotopic (exact) mass is 292 g/mol. The predicted octanol–water partition coefficient (Wildman–Crippen LogP) is 3.36. The molecule has 2 aromatic rings. The van der Waals surface area contributed by atoms with Crippen molar-refractivity contribution >= 4 is 22.9 Å². The van der Waals surface area contributed by atoms with Gasteiger partial charge in [0, 0.05) is 28.7 Å². The average Bonchev–Trinajstić information content (AvgIpc) is 2.80. The van der Waals surface area contributed by atoms with Crippen molar-refractivity contribution in [3.8, 4) is 0 Å². The highest BCUT2D eigenvalue weighted by Gasteiger charge is 2.16. The van der Waals surface area contributed by atoms with Crippen molar-refractivity contribution in [2.45, 2.75) is 20.4 Å². The molecule has 0 bridgehead atoms. The maximum atomic E-state index is 13.7. The Labute approximate surface area is 121 Å². The molecule has 0 aliphatic carbocycles. The van der Waals surface area contributed by atoms with Crippen molar-refractivity contribution in [1.29, 1.82) is 0 Å². The largest absolute Gasteiger partial charge is 0.398 e. The number of nitrogens with two attached hydrogens (primary N) is 1. The summed E-state index contributed by atoms with van der Waals surface area (Å²) in [5, 5.41) is 1.99. The Bertz CT molecular complexity index is 628. The summed E-state index contributed by atoms with van der Waals surface area (Å²) < 4.78 is 13.7. The first-order valence-corrected chi connectivity index (χ1v) is 7.12. The van der Waals surface area contributed by atoms with Crippen LogP contribution in [0.15, 0.2) is 23.6 Å². The third kappa shape index (κ3) is 2.82. The molecule has 0 spiro atoms. The van der Waals surface area contributed by atoms with Crippen LogP contribution < -0.4 is 5.73 Å². The first-order chi connectivity index (χ1) is 9.40. The Kier molecular flexibility index (Phi) is 4.09. The fraction of sp³-hybridized carbons (Fsp3) is 0.267. The van der Waals surface area contributed by atoms with Gasteiger partial charge in [-0.15, -0.1) is 11.3 Å². The van der Waals surface area contributed by atoms with E-state index in [0.29, 0.717) is 17.8 Å². The van der Waals surface area contributed by atoms with E-state index in [1.807, 2.05) is 18.4 Å². The Hall–Kier alpha value is -1.88. The van der Waals surface area contributed by atoms with Gasteiger partial charge in [-0.3, -0.25) is 4.79 Å². The van der Waals surface area contributed by atoms with Gasteiger partial charge >= 0.3 is 0 Å². The molecular weight excluding hydrogens is 275 g/mol. The summed E-state index contributed by atoms with van der Waals surface area (Å²) >= 11 is 1.61. The second-order valence-corrected chi connectivity index (χ2v) is 5.86. The smallest absolute Gasteiger partial charge is 0.254 e. The van der Waals surface area contributed by atoms with E-state index in [1.54, 1.807) is 30.2 Å². The van der Waals surface area contributed by atoms with E-state index >= 15 is 0 Å². The van der Waals surface area contributed by atoms with Gasteiger partial charge in [0.15, 0.2) is 0 Å². The van der Waals surface area contributed by atoms with Crippen LogP contribution in [0.25, 0.3) is 0 Å². The molecule has 0 aliphatic heterocycles. The molecule has 2 rings (SSSR count). The lowest BCUT2D eigenvalue weighted by Gasteiger charge is -2.17. The maximum absolute atomic E-state index is 13.7. The van der Waals surface area contributed by atoms with Gasteiger partial charge in [0.2, 0.25) is 0 Å². The first kappa shape index (κ1) is 14.5. The van der Waals surface area contributed by atoms with Crippen molar-refractivity contribution < 1.29 is 9.18 Å².